The van der Waals surface area contributed by atoms with Gasteiger partial charge < -0.3 is 0 Å². The van der Waals surface area contributed by atoms with E-state index in [0.29, 0.717) is 0 Å². The molecule has 0 N–H and O–H groups in total. The van der Waals surface area contributed by atoms with Gasteiger partial charge in [-0.1, -0.05) is 237 Å². The second kappa shape index (κ2) is 14.0. The topological polar surface area (TPSA) is 0 Å². The van der Waals surface area contributed by atoms with Crippen LogP contribution in [0.15, 0.2) is 243 Å². The Morgan fingerprint density at radius 1 is 0.222 bits per heavy atom. The molecule has 0 saturated heterocycles. The molecule has 0 fully saturated rings. The molecule has 1 aliphatic carbocycles. The first-order valence-electron chi connectivity index (χ1n) is 22.0. The maximum Gasteiger partial charge on any atom is 0.0725 e. The van der Waals surface area contributed by atoms with Crippen LogP contribution in [0.2, 0.25) is 0 Å². The molecule has 0 nitrogen and oxygen atoms in total. The lowest BCUT2D eigenvalue weighted by Gasteiger charge is -2.35. The normalized spacial score (nSPS) is 12.9. The van der Waals surface area contributed by atoms with Crippen molar-refractivity contribution in [1.82, 2.24) is 0 Å². The molecule has 0 heteroatoms. The zero-order valence-corrected chi connectivity index (χ0v) is 34.6. The zero-order chi connectivity index (χ0) is 41.5. The molecule has 63 heavy (non-hydrogen) atoms. The highest BCUT2D eigenvalue weighted by Crippen LogP contribution is 2.62. The molecule has 0 atom stereocenters. The van der Waals surface area contributed by atoms with Crippen LogP contribution in [0.3, 0.4) is 0 Å². The van der Waals surface area contributed by atoms with Crippen molar-refractivity contribution in [3.8, 4) is 44.5 Å². The molecule has 12 aromatic carbocycles. The van der Waals surface area contributed by atoms with Crippen molar-refractivity contribution in [2.45, 2.75) is 5.41 Å². The third-order valence-corrected chi connectivity index (χ3v) is 13.9. The molecular formula is C63H40. The van der Waals surface area contributed by atoms with Gasteiger partial charge in [0, 0.05) is 0 Å². The fraction of sp³-hybridized carbons (Fsp3) is 0.0159. The molecular weight excluding hydrogens is 757 g/mol. The molecule has 0 unspecified atom stereocenters. The van der Waals surface area contributed by atoms with E-state index in [4.69, 9.17) is 0 Å². The SMILES string of the molecule is c1ccc(-c2c3ccccc3c(-c3ccc(-c4ccc5c6c(ccc5c4)-c4c(c5ccccc5c5ccccc45)C6(c4ccccc4)c4ccccc4)cc3)c3ccccc23)cc1. The van der Waals surface area contributed by atoms with Gasteiger partial charge in [-0.05, 0) is 127 Å². The highest BCUT2D eigenvalue weighted by molar-refractivity contribution is 6.22. The summed E-state index contributed by atoms with van der Waals surface area (Å²) in [7, 11) is 0. The van der Waals surface area contributed by atoms with Gasteiger partial charge in [0.1, 0.15) is 0 Å². The average Bonchev–Trinajstić information content (AvgIpc) is 3.69. The summed E-state index contributed by atoms with van der Waals surface area (Å²) in [5.41, 5.74) is 14.8. The van der Waals surface area contributed by atoms with Crippen molar-refractivity contribution in [3.63, 3.8) is 0 Å². The maximum atomic E-state index is 2.41. The summed E-state index contributed by atoms with van der Waals surface area (Å²) in [4.78, 5) is 0. The van der Waals surface area contributed by atoms with Gasteiger partial charge in [-0.2, -0.15) is 0 Å². The minimum atomic E-state index is -0.554. The first-order chi connectivity index (χ1) is 31.3. The van der Waals surface area contributed by atoms with Crippen LogP contribution in [0.4, 0.5) is 0 Å². The van der Waals surface area contributed by atoms with Crippen LogP contribution in [-0.4, -0.2) is 0 Å². The van der Waals surface area contributed by atoms with Gasteiger partial charge in [0.25, 0.3) is 0 Å². The maximum absolute atomic E-state index is 2.41. The van der Waals surface area contributed by atoms with Gasteiger partial charge in [-0.3, -0.25) is 0 Å². The third kappa shape index (κ3) is 5.16. The van der Waals surface area contributed by atoms with E-state index < -0.39 is 5.41 Å². The number of benzene rings is 12. The number of hydrogen-bond acceptors (Lipinski definition) is 0. The highest BCUT2D eigenvalue weighted by Gasteiger charge is 2.49. The van der Waals surface area contributed by atoms with Crippen LogP contribution in [0.5, 0.6) is 0 Å². The molecule has 0 radical (unpaired) electrons. The lowest BCUT2D eigenvalue weighted by Crippen LogP contribution is -2.29. The Kier molecular flexibility index (Phi) is 7.92. The molecule has 0 saturated carbocycles. The third-order valence-electron chi connectivity index (χ3n) is 13.9. The molecule has 0 aliphatic heterocycles. The summed E-state index contributed by atoms with van der Waals surface area (Å²) in [6.45, 7) is 0. The largest absolute Gasteiger partial charge is 0.0725 e. The van der Waals surface area contributed by atoms with E-state index in [1.807, 2.05) is 0 Å². The van der Waals surface area contributed by atoms with E-state index in [1.165, 1.54) is 121 Å². The number of fused-ring (bicyclic) bond motifs is 12. The summed E-state index contributed by atoms with van der Waals surface area (Å²) >= 11 is 0. The Labute approximate surface area is 367 Å². The minimum Gasteiger partial charge on any atom is -0.0622 e. The Balaban J connectivity index is 1.02. The summed E-state index contributed by atoms with van der Waals surface area (Å²) < 4.78 is 0. The molecule has 0 amide bonds. The van der Waals surface area contributed by atoms with Gasteiger partial charge in [0.05, 0.1) is 5.41 Å². The fourth-order valence-electron chi connectivity index (χ4n) is 11.4. The van der Waals surface area contributed by atoms with Crippen LogP contribution in [0, 0.1) is 0 Å². The second-order valence-corrected chi connectivity index (χ2v) is 17.0. The van der Waals surface area contributed by atoms with Crippen molar-refractivity contribution >= 4 is 53.9 Å². The van der Waals surface area contributed by atoms with Crippen LogP contribution >= 0.6 is 0 Å². The van der Waals surface area contributed by atoms with Crippen molar-refractivity contribution in [3.05, 3.63) is 265 Å². The van der Waals surface area contributed by atoms with Crippen LogP contribution in [0.25, 0.3) is 98.4 Å². The van der Waals surface area contributed by atoms with Crippen LogP contribution in [-0.2, 0) is 5.41 Å². The summed E-state index contributed by atoms with van der Waals surface area (Å²) in [6, 6.07) is 90.3. The predicted octanol–water partition coefficient (Wildman–Crippen LogP) is 16.8. The minimum absolute atomic E-state index is 0.554. The monoisotopic (exact) mass is 796 g/mol. The van der Waals surface area contributed by atoms with E-state index in [1.54, 1.807) is 0 Å². The summed E-state index contributed by atoms with van der Waals surface area (Å²) in [6.07, 6.45) is 0. The fourth-order valence-corrected chi connectivity index (χ4v) is 11.4. The quantitative estimate of drug-likeness (QED) is 0.120. The van der Waals surface area contributed by atoms with E-state index in [9.17, 15) is 0 Å². The molecule has 0 aromatic heterocycles. The van der Waals surface area contributed by atoms with Crippen molar-refractivity contribution in [2.75, 3.05) is 0 Å². The molecule has 0 heterocycles. The Bertz CT molecular complexity index is 3650. The standard InChI is InChI=1S/C63H40/c1-4-18-42(19-5-1)58-52-27-13-15-29-54(52)59(55-30-16-14-28-53(55)58)43-34-32-41(33-35-43)44-36-38-48-45(40-44)37-39-57-60-51-26-12-10-24-49(51)50-25-11-17-31-56(50)62(60)63(61(48)57,46-20-6-2-7-21-46)47-22-8-3-9-23-47/h1-40H. The number of hydrogen-bond donors (Lipinski definition) is 0. The number of rotatable bonds is 5. The van der Waals surface area contributed by atoms with Crippen molar-refractivity contribution < 1.29 is 0 Å². The van der Waals surface area contributed by atoms with Crippen LogP contribution < -0.4 is 0 Å². The summed E-state index contributed by atoms with van der Waals surface area (Å²) in [5, 5.41) is 12.8. The van der Waals surface area contributed by atoms with Crippen molar-refractivity contribution in [1.29, 1.82) is 0 Å². The van der Waals surface area contributed by atoms with Gasteiger partial charge in [-0.25, -0.2) is 0 Å². The van der Waals surface area contributed by atoms with Crippen molar-refractivity contribution in [2.24, 2.45) is 0 Å². The Hall–Kier alpha value is -8.06. The lowest BCUT2D eigenvalue weighted by molar-refractivity contribution is 0.783. The van der Waals surface area contributed by atoms with Gasteiger partial charge >= 0.3 is 0 Å². The Morgan fingerprint density at radius 3 is 1.16 bits per heavy atom. The average molecular weight is 797 g/mol. The highest BCUT2D eigenvalue weighted by atomic mass is 14.5. The molecule has 0 bridgehead atoms. The molecule has 12 aromatic rings. The van der Waals surface area contributed by atoms with Gasteiger partial charge in [0.15, 0.2) is 0 Å². The van der Waals surface area contributed by atoms with E-state index >= 15 is 0 Å². The van der Waals surface area contributed by atoms with Gasteiger partial charge in [-0.15, -0.1) is 0 Å². The Morgan fingerprint density at radius 2 is 0.619 bits per heavy atom. The zero-order valence-electron chi connectivity index (χ0n) is 34.6. The first-order valence-corrected chi connectivity index (χ1v) is 22.0. The predicted molar refractivity (Wildman–Crippen MR) is 268 cm³/mol. The van der Waals surface area contributed by atoms with E-state index in [2.05, 4.69) is 243 Å². The first kappa shape index (κ1) is 35.7. The smallest absolute Gasteiger partial charge is 0.0622 e. The molecule has 1 aliphatic rings. The second-order valence-electron chi connectivity index (χ2n) is 17.0. The van der Waals surface area contributed by atoms with Gasteiger partial charge in [0.2, 0.25) is 0 Å². The molecule has 292 valence electrons. The van der Waals surface area contributed by atoms with Crippen LogP contribution in [0.1, 0.15) is 22.3 Å². The van der Waals surface area contributed by atoms with E-state index in [-0.39, 0.29) is 0 Å². The molecule has 13 rings (SSSR count). The summed E-state index contributed by atoms with van der Waals surface area (Å²) in [5.74, 6) is 0. The lowest BCUT2D eigenvalue weighted by atomic mass is 9.65. The van der Waals surface area contributed by atoms with E-state index in [0.717, 1.165) is 0 Å². The molecule has 0 spiro atoms.